The van der Waals surface area contributed by atoms with Gasteiger partial charge in [-0.05, 0) is 74.9 Å². The van der Waals surface area contributed by atoms with Gasteiger partial charge in [0.15, 0.2) is 5.95 Å². The van der Waals surface area contributed by atoms with Crippen LogP contribution in [0.15, 0.2) is 54.6 Å². The molecule has 0 aliphatic heterocycles. The van der Waals surface area contributed by atoms with Crippen LogP contribution in [0.2, 0.25) is 0 Å². The number of carbonyl (C=O) groups excluding carboxylic acids is 3. The molecule has 48 heavy (non-hydrogen) atoms. The lowest BCUT2D eigenvalue weighted by atomic mass is 10.1. The van der Waals surface area contributed by atoms with Crippen LogP contribution >= 0.6 is 0 Å². The number of nitrogens with two attached hydrogens (primary N) is 1. The number of anilines is 3. The maximum absolute atomic E-state index is 13.0. The van der Waals surface area contributed by atoms with Crippen LogP contribution in [0.5, 0.6) is 11.5 Å². The summed E-state index contributed by atoms with van der Waals surface area (Å²) in [6, 6.07) is 15.0. The lowest BCUT2D eigenvalue weighted by Crippen LogP contribution is -2.27. The van der Waals surface area contributed by atoms with Gasteiger partial charge in [-0.1, -0.05) is 33.8 Å². The Labute approximate surface area is 279 Å². The molecule has 7 N–H and O–H groups in total. The smallest absolute Gasteiger partial charge is 0.339 e. The molecule has 0 saturated heterocycles. The monoisotopic (exact) mass is 660 g/mol. The minimum atomic E-state index is -1.08. The Balaban J connectivity index is 0.000000297. The number of nitrogens with zero attached hydrogens (tertiary/aromatic N) is 1. The molecule has 0 spiro atoms. The molecule has 0 aliphatic carbocycles. The third-order valence-electron chi connectivity index (χ3n) is 6.99. The summed E-state index contributed by atoms with van der Waals surface area (Å²) >= 11 is 0. The number of hydrogen-bond acceptors (Lipinski definition) is 8. The predicted octanol–water partition coefficient (Wildman–Crippen LogP) is 6.01. The molecule has 0 aliphatic rings. The maximum atomic E-state index is 13.0. The van der Waals surface area contributed by atoms with Crippen molar-refractivity contribution in [2.24, 2.45) is 11.8 Å². The number of amides is 3. The standard InChI is InChI=1S/C22H27N5O3.C13H17NO4/c1-5-30-19-9-7-15(25-20(28)12(2)3)11-16(19)21(29)24-13(4)14-6-8-17-18(10-14)27-22(23)26-17;1-4-18-11-6-5-9(7-10(11)13(16)17)14-12(15)8(2)3/h6-13H,5H2,1-4H3,(H,24,29)(H,25,28)(H3,23,26,27);5-8H,4H2,1-3H3,(H,14,15)(H,16,17). The first-order valence-electron chi connectivity index (χ1n) is 15.7. The zero-order valence-corrected chi connectivity index (χ0v) is 28.3. The summed E-state index contributed by atoms with van der Waals surface area (Å²) in [4.78, 5) is 54.8. The van der Waals surface area contributed by atoms with E-state index in [1.165, 1.54) is 6.07 Å². The molecular formula is C35H44N6O7. The molecule has 1 atom stereocenters. The van der Waals surface area contributed by atoms with E-state index in [4.69, 9.17) is 20.3 Å². The lowest BCUT2D eigenvalue weighted by Gasteiger charge is -2.17. The number of ether oxygens (including phenoxy) is 2. The van der Waals surface area contributed by atoms with Crippen LogP contribution in [0.4, 0.5) is 17.3 Å². The van der Waals surface area contributed by atoms with E-state index in [-0.39, 0.29) is 41.2 Å². The van der Waals surface area contributed by atoms with E-state index in [1.54, 1.807) is 51.1 Å². The highest BCUT2D eigenvalue weighted by Crippen LogP contribution is 2.26. The summed E-state index contributed by atoms with van der Waals surface area (Å²) < 4.78 is 10.8. The third-order valence-corrected chi connectivity index (χ3v) is 6.99. The molecule has 0 saturated carbocycles. The molecule has 13 nitrogen and oxygen atoms in total. The number of imidazole rings is 1. The molecule has 3 amide bonds. The van der Waals surface area contributed by atoms with Crippen LogP contribution in [-0.2, 0) is 9.59 Å². The number of carbonyl (C=O) groups is 4. The van der Waals surface area contributed by atoms with Crippen molar-refractivity contribution in [3.8, 4) is 11.5 Å². The number of fused-ring (bicyclic) bond motifs is 1. The van der Waals surface area contributed by atoms with Crippen LogP contribution in [-0.4, -0.2) is 52.0 Å². The molecule has 0 bridgehead atoms. The zero-order chi connectivity index (χ0) is 35.5. The number of benzene rings is 3. The number of aromatic nitrogens is 2. The second-order valence-corrected chi connectivity index (χ2v) is 11.5. The summed E-state index contributed by atoms with van der Waals surface area (Å²) in [5.74, 6) is -0.883. The molecule has 0 radical (unpaired) electrons. The van der Waals surface area contributed by atoms with Gasteiger partial charge in [-0.3, -0.25) is 14.4 Å². The van der Waals surface area contributed by atoms with Crippen LogP contribution in [0.25, 0.3) is 11.0 Å². The average molecular weight is 661 g/mol. The highest BCUT2D eigenvalue weighted by Gasteiger charge is 2.19. The van der Waals surface area contributed by atoms with Gasteiger partial charge in [-0.15, -0.1) is 0 Å². The van der Waals surface area contributed by atoms with Gasteiger partial charge < -0.3 is 41.2 Å². The van der Waals surface area contributed by atoms with Crippen molar-refractivity contribution in [2.75, 3.05) is 29.6 Å². The number of rotatable bonds is 12. The Morgan fingerprint density at radius 3 is 1.81 bits per heavy atom. The minimum Gasteiger partial charge on any atom is -0.493 e. The Bertz CT molecular complexity index is 1770. The van der Waals surface area contributed by atoms with Gasteiger partial charge in [0.1, 0.15) is 17.1 Å². The maximum Gasteiger partial charge on any atom is 0.339 e. The van der Waals surface area contributed by atoms with Crippen molar-refractivity contribution in [1.29, 1.82) is 0 Å². The van der Waals surface area contributed by atoms with Gasteiger partial charge in [-0.25, -0.2) is 9.78 Å². The van der Waals surface area contributed by atoms with E-state index in [9.17, 15) is 19.2 Å². The van der Waals surface area contributed by atoms with Crippen LogP contribution in [0, 0.1) is 11.8 Å². The molecule has 1 heterocycles. The number of hydrogen-bond donors (Lipinski definition) is 6. The first kappa shape index (κ1) is 36.9. The first-order valence-corrected chi connectivity index (χ1v) is 15.7. The summed E-state index contributed by atoms with van der Waals surface area (Å²) in [7, 11) is 0. The van der Waals surface area contributed by atoms with Crippen molar-refractivity contribution in [3.63, 3.8) is 0 Å². The van der Waals surface area contributed by atoms with Crippen molar-refractivity contribution in [1.82, 2.24) is 15.3 Å². The first-order chi connectivity index (χ1) is 22.7. The van der Waals surface area contributed by atoms with Crippen molar-refractivity contribution in [2.45, 2.75) is 54.5 Å². The van der Waals surface area contributed by atoms with Crippen LogP contribution in [0.3, 0.4) is 0 Å². The van der Waals surface area contributed by atoms with Crippen LogP contribution < -0.4 is 31.2 Å². The molecule has 4 rings (SSSR count). The number of aromatic amines is 1. The quantitative estimate of drug-likeness (QED) is 0.105. The Kier molecular flexibility index (Phi) is 12.9. The van der Waals surface area contributed by atoms with E-state index in [2.05, 4.69) is 25.9 Å². The highest BCUT2D eigenvalue weighted by molar-refractivity contribution is 6.00. The predicted molar refractivity (Wildman–Crippen MR) is 186 cm³/mol. The molecular weight excluding hydrogens is 616 g/mol. The Morgan fingerprint density at radius 2 is 1.31 bits per heavy atom. The van der Waals surface area contributed by atoms with Gasteiger partial charge in [-0.2, -0.15) is 0 Å². The summed E-state index contributed by atoms with van der Waals surface area (Å²) in [6.07, 6.45) is 0. The largest absolute Gasteiger partial charge is 0.493 e. The van der Waals surface area contributed by atoms with E-state index in [1.807, 2.05) is 45.9 Å². The van der Waals surface area contributed by atoms with Gasteiger partial charge in [0.25, 0.3) is 5.91 Å². The molecule has 13 heteroatoms. The van der Waals surface area contributed by atoms with Gasteiger partial charge in [0, 0.05) is 23.2 Å². The molecule has 1 aromatic heterocycles. The normalized spacial score (nSPS) is 11.4. The van der Waals surface area contributed by atoms with E-state index >= 15 is 0 Å². The zero-order valence-electron chi connectivity index (χ0n) is 28.3. The SMILES string of the molecule is CCOc1ccc(NC(=O)C(C)C)cc1C(=O)NC(C)c1ccc2[nH]c(N)nc2c1.CCOc1ccc(NC(=O)C(C)C)cc1C(=O)O. The van der Waals surface area contributed by atoms with Crippen molar-refractivity contribution in [3.05, 3.63) is 71.3 Å². The second kappa shape index (κ2) is 16.8. The summed E-state index contributed by atoms with van der Waals surface area (Å²) in [6.45, 7) is 13.5. The molecule has 0 fully saturated rings. The minimum absolute atomic E-state index is 0.0402. The average Bonchev–Trinajstić information content (AvgIpc) is 3.42. The van der Waals surface area contributed by atoms with Crippen molar-refractivity contribution >= 4 is 52.0 Å². The number of nitrogens with one attached hydrogen (secondary N) is 4. The fourth-order valence-corrected chi connectivity index (χ4v) is 4.37. The number of carboxylic acids is 1. The molecule has 1 unspecified atom stereocenters. The van der Waals surface area contributed by atoms with Crippen LogP contribution in [0.1, 0.15) is 80.8 Å². The number of carboxylic acid groups (broad SMARTS) is 1. The molecule has 3 aromatic carbocycles. The number of aromatic carboxylic acids is 1. The Hall–Kier alpha value is -5.59. The molecule has 4 aromatic rings. The number of nitrogen functional groups attached to an aromatic ring is 1. The van der Waals surface area contributed by atoms with Gasteiger partial charge in [0.2, 0.25) is 11.8 Å². The number of H-pyrrole nitrogens is 1. The second-order valence-electron chi connectivity index (χ2n) is 11.5. The fraction of sp³-hybridized carbons (Fsp3) is 0.343. The highest BCUT2D eigenvalue weighted by atomic mass is 16.5. The molecule has 256 valence electrons. The van der Waals surface area contributed by atoms with E-state index in [0.29, 0.717) is 47.6 Å². The fourth-order valence-electron chi connectivity index (χ4n) is 4.37. The van der Waals surface area contributed by atoms with E-state index in [0.717, 1.165) is 16.6 Å². The van der Waals surface area contributed by atoms with Gasteiger partial charge in [0.05, 0.1) is 35.9 Å². The van der Waals surface area contributed by atoms with Crippen molar-refractivity contribution < 1.29 is 33.8 Å². The third kappa shape index (κ3) is 9.95. The van der Waals surface area contributed by atoms with Gasteiger partial charge >= 0.3 is 5.97 Å². The lowest BCUT2D eigenvalue weighted by molar-refractivity contribution is -0.119. The summed E-state index contributed by atoms with van der Waals surface area (Å²) in [5, 5.41) is 17.5. The van der Waals surface area contributed by atoms with E-state index < -0.39 is 5.97 Å². The summed E-state index contributed by atoms with van der Waals surface area (Å²) in [5.41, 5.74) is 9.56. The Morgan fingerprint density at radius 1 is 0.792 bits per heavy atom. The topological polar surface area (TPSA) is 198 Å².